The largest absolute Gasteiger partial charge is 0.409 e. The predicted molar refractivity (Wildman–Crippen MR) is 86.2 cm³/mol. The van der Waals surface area contributed by atoms with Crippen molar-refractivity contribution in [3.63, 3.8) is 0 Å². The molecule has 1 atom stereocenters. The van der Waals surface area contributed by atoms with Crippen molar-refractivity contribution in [3.05, 3.63) is 29.8 Å². The number of nitrogens with one attached hydrogen (secondary N) is 1. The Bertz CT molecular complexity index is 672. The highest BCUT2D eigenvalue weighted by molar-refractivity contribution is 7.89. The first-order valence-corrected chi connectivity index (χ1v) is 9.34. The zero-order valence-corrected chi connectivity index (χ0v) is 14.8. The number of halogens is 3. The number of alkyl halides is 3. The summed E-state index contributed by atoms with van der Waals surface area (Å²) in [6, 6.07) is 5.73. The molecule has 2 rings (SSSR count). The Kier molecular flexibility index (Phi) is 5.32. The average Bonchev–Trinajstić information content (AvgIpc) is 2.91. The quantitative estimate of drug-likeness (QED) is 0.874. The molecule has 24 heavy (non-hydrogen) atoms. The molecule has 0 spiro atoms. The van der Waals surface area contributed by atoms with Gasteiger partial charge < -0.3 is 5.32 Å². The number of benzene rings is 1. The summed E-state index contributed by atoms with van der Waals surface area (Å²) < 4.78 is 68.0. The molecule has 0 aromatic heterocycles. The van der Waals surface area contributed by atoms with Crippen molar-refractivity contribution in [2.45, 2.75) is 56.3 Å². The van der Waals surface area contributed by atoms with Gasteiger partial charge in [-0.05, 0) is 31.9 Å². The van der Waals surface area contributed by atoms with Gasteiger partial charge in [-0.25, -0.2) is 8.42 Å². The van der Waals surface area contributed by atoms with Crippen molar-refractivity contribution in [1.29, 1.82) is 0 Å². The molecular formula is C16H23F3N2O2S. The SMILES string of the molecule is Cc1ccc(S(=O)(=O)N2CCCC2(CNC(C)C)C(F)(F)F)cc1. The van der Waals surface area contributed by atoms with Crippen molar-refractivity contribution in [2.75, 3.05) is 13.1 Å². The van der Waals surface area contributed by atoms with Crippen molar-refractivity contribution < 1.29 is 21.6 Å². The van der Waals surface area contributed by atoms with Gasteiger partial charge in [-0.2, -0.15) is 17.5 Å². The van der Waals surface area contributed by atoms with Crippen LogP contribution in [0.25, 0.3) is 0 Å². The molecule has 0 amide bonds. The maximum absolute atomic E-state index is 13.9. The second-order valence-electron chi connectivity index (χ2n) is 6.56. The van der Waals surface area contributed by atoms with Crippen LogP contribution in [0.4, 0.5) is 13.2 Å². The number of rotatable bonds is 5. The van der Waals surface area contributed by atoms with E-state index in [4.69, 9.17) is 0 Å². The molecule has 1 aliphatic rings. The topological polar surface area (TPSA) is 49.4 Å². The van der Waals surface area contributed by atoms with E-state index < -0.39 is 28.3 Å². The van der Waals surface area contributed by atoms with Gasteiger partial charge in [0.2, 0.25) is 10.0 Å². The molecule has 0 saturated carbocycles. The van der Waals surface area contributed by atoms with Crippen LogP contribution in [0.15, 0.2) is 29.2 Å². The van der Waals surface area contributed by atoms with Gasteiger partial charge in [-0.1, -0.05) is 31.5 Å². The minimum absolute atomic E-state index is 0.104. The van der Waals surface area contributed by atoms with E-state index in [2.05, 4.69) is 5.32 Å². The second-order valence-corrected chi connectivity index (χ2v) is 8.42. The third-order valence-electron chi connectivity index (χ3n) is 4.37. The monoisotopic (exact) mass is 364 g/mol. The standard InChI is InChI=1S/C16H23F3N2O2S/c1-12(2)20-11-15(16(17,18)19)9-4-10-21(15)24(22,23)14-7-5-13(3)6-8-14/h5-8,12,20H,4,9-11H2,1-3H3. The summed E-state index contributed by atoms with van der Waals surface area (Å²) in [5, 5.41) is 2.77. The van der Waals surface area contributed by atoms with Crippen LogP contribution in [0, 0.1) is 6.92 Å². The molecule has 8 heteroatoms. The molecule has 0 radical (unpaired) electrons. The van der Waals surface area contributed by atoms with Gasteiger partial charge in [0.1, 0.15) is 5.54 Å². The third kappa shape index (κ3) is 3.45. The summed E-state index contributed by atoms with van der Waals surface area (Å²) in [4.78, 5) is -0.104. The zero-order valence-electron chi connectivity index (χ0n) is 14.0. The Labute approximate surface area is 141 Å². The smallest absolute Gasteiger partial charge is 0.312 e. The summed E-state index contributed by atoms with van der Waals surface area (Å²) >= 11 is 0. The zero-order chi connectivity index (χ0) is 18.2. The second kappa shape index (κ2) is 6.65. The molecule has 0 bridgehead atoms. The highest BCUT2D eigenvalue weighted by Crippen LogP contribution is 2.45. The molecule has 136 valence electrons. The first-order chi connectivity index (χ1) is 11.0. The van der Waals surface area contributed by atoms with Crippen LogP contribution in [0.1, 0.15) is 32.3 Å². The van der Waals surface area contributed by atoms with E-state index in [1.807, 2.05) is 0 Å². The van der Waals surface area contributed by atoms with E-state index in [1.165, 1.54) is 12.1 Å². The third-order valence-corrected chi connectivity index (χ3v) is 6.35. The average molecular weight is 364 g/mol. The fourth-order valence-electron chi connectivity index (χ4n) is 2.97. The first-order valence-electron chi connectivity index (χ1n) is 7.90. The van der Waals surface area contributed by atoms with Crippen molar-refractivity contribution in [2.24, 2.45) is 0 Å². The normalized spacial score (nSPS) is 23.1. The number of hydrogen-bond donors (Lipinski definition) is 1. The predicted octanol–water partition coefficient (Wildman–Crippen LogP) is 3.08. The van der Waals surface area contributed by atoms with Crippen LogP contribution in [-0.2, 0) is 10.0 Å². The number of sulfonamides is 1. The molecule has 1 unspecified atom stereocenters. The van der Waals surface area contributed by atoms with E-state index in [0.29, 0.717) is 4.31 Å². The lowest BCUT2D eigenvalue weighted by Gasteiger charge is -2.39. The van der Waals surface area contributed by atoms with Crippen LogP contribution < -0.4 is 5.32 Å². The molecule has 4 nitrogen and oxygen atoms in total. The Morgan fingerprint density at radius 2 is 1.83 bits per heavy atom. The van der Waals surface area contributed by atoms with Crippen LogP contribution in [-0.4, -0.2) is 43.6 Å². The summed E-state index contributed by atoms with van der Waals surface area (Å²) in [7, 11) is -4.22. The highest BCUT2D eigenvalue weighted by atomic mass is 32.2. The summed E-state index contributed by atoms with van der Waals surface area (Å²) in [6.07, 6.45) is -4.70. The lowest BCUT2D eigenvalue weighted by molar-refractivity contribution is -0.208. The van der Waals surface area contributed by atoms with E-state index in [1.54, 1.807) is 32.9 Å². The Morgan fingerprint density at radius 3 is 2.33 bits per heavy atom. The molecule has 1 aromatic rings. The van der Waals surface area contributed by atoms with Crippen molar-refractivity contribution in [3.8, 4) is 0 Å². The van der Waals surface area contributed by atoms with Gasteiger partial charge in [0.05, 0.1) is 4.90 Å². The van der Waals surface area contributed by atoms with Gasteiger partial charge in [-0.3, -0.25) is 0 Å². The van der Waals surface area contributed by atoms with Crippen molar-refractivity contribution >= 4 is 10.0 Å². The fourth-order valence-corrected chi connectivity index (χ4v) is 4.80. The van der Waals surface area contributed by atoms with E-state index in [9.17, 15) is 21.6 Å². The summed E-state index contributed by atoms with van der Waals surface area (Å²) in [6.45, 7) is 4.68. The van der Waals surface area contributed by atoms with Gasteiger partial charge in [0.25, 0.3) is 0 Å². The van der Waals surface area contributed by atoms with Gasteiger partial charge in [0.15, 0.2) is 0 Å². The number of aryl methyl sites for hydroxylation is 1. The van der Waals surface area contributed by atoms with E-state index in [-0.39, 0.29) is 30.3 Å². The van der Waals surface area contributed by atoms with Gasteiger partial charge >= 0.3 is 6.18 Å². The van der Waals surface area contributed by atoms with Gasteiger partial charge in [0, 0.05) is 19.1 Å². The Hall–Kier alpha value is -1.12. The molecule has 1 N–H and O–H groups in total. The molecule has 1 fully saturated rings. The molecule has 1 aliphatic heterocycles. The summed E-state index contributed by atoms with van der Waals surface area (Å²) in [5.74, 6) is 0. The Morgan fingerprint density at radius 1 is 1.25 bits per heavy atom. The molecule has 0 aliphatic carbocycles. The highest BCUT2D eigenvalue weighted by Gasteiger charge is 2.63. The van der Waals surface area contributed by atoms with Gasteiger partial charge in [-0.15, -0.1) is 0 Å². The molecular weight excluding hydrogens is 341 g/mol. The maximum atomic E-state index is 13.9. The van der Waals surface area contributed by atoms with Crippen LogP contribution in [0.3, 0.4) is 0 Å². The fraction of sp³-hybridized carbons (Fsp3) is 0.625. The summed E-state index contributed by atoms with van der Waals surface area (Å²) in [5.41, 5.74) is -1.56. The molecule has 1 heterocycles. The van der Waals surface area contributed by atoms with Crippen molar-refractivity contribution in [1.82, 2.24) is 9.62 Å². The Balaban J connectivity index is 2.47. The lowest BCUT2D eigenvalue weighted by atomic mass is 9.96. The van der Waals surface area contributed by atoms with Crippen LogP contribution >= 0.6 is 0 Å². The maximum Gasteiger partial charge on any atom is 0.409 e. The van der Waals surface area contributed by atoms with E-state index in [0.717, 1.165) is 5.56 Å². The van der Waals surface area contributed by atoms with Crippen LogP contribution in [0.5, 0.6) is 0 Å². The minimum Gasteiger partial charge on any atom is -0.312 e. The van der Waals surface area contributed by atoms with E-state index >= 15 is 0 Å². The molecule has 1 aromatic carbocycles. The molecule has 1 saturated heterocycles. The number of hydrogen-bond acceptors (Lipinski definition) is 3. The lowest BCUT2D eigenvalue weighted by Crippen LogP contribution is -2.62. The first kappa shape index (κ1) is 19.2. The number of nitrogens with zero attached hydrogens (tertiary/aromatic N) is 1. The minimum atomic E-state index is -4.65. The van der Waals surface area contributed by atoms with Crippen LogP contribution in [0.2, 0.25) is 0 Å².